The molecule has 0 saturated carbocycles. The highest BCUT2D eigenvalue weighted by Crippen LogP contribution is 2.03. The Bertz CT molecular complexity index is 197. The van der Waals surface area contributed by atoms with E-state index in [1.165, 1.54) is 0 Å². The lowest BCUT2D eigenvalue weighted by Crippen LogP contribution is -2.04. The van der Waals surface area contributed by atoms with Crippen LogP contribution in [0.25, 0.3) is 0 Å². The number of rotatable bonds is 4. The number of carboxylic acid groups (broad SMARTS) is 2. The minimum Gasteiger partial charge on any atom is -0.478 e. The zero-order chi connectivity index (χ0) is 8.85. The summed E-state index contributed by atoms with van der Waals surface area (Å²) in [6.45, 7) is 0. The van der Waals surface area contributed by atoms with Gasteiger partial charge in [-0.25, -0.2) is 9.59 Å². The summed E-state index contributed by atoms with van der Waals surface area (Å²) in [5, 5.41) is 17.0. The second-order valence-corrected chi connectivity index (χ2v) is 2.54. The van der Waals surface area contributed by atoms with Gasteiger partial charge in [-0.2, -0.15) is 0 Å². The van der Waals surface area contributed by atoms with Crippen LogP contribution in [0.3, 0.4) is 0 Å². The van der Waals surface area contributed by atoms with Gasteiger partial charge in [0, 0.05) is 17.0 Å². The molecule has 0 aromatic heterocycles. The van der Waals surface area contributed by atoms with E-state index >= 15 is 0 Å². The summed E-state index contributed by atoms with van der Waals surface area (Å²) in [7, 11) is 0. The van der Waals surface area contributed by atoms with E-state index in [1.54, 1.807) is 0 Å². The Balaban J connectivity index is 4.32. The molecule has 0 aliphatic rings. The molecule has 5 heteroatoms. The fourth-order valence-electron chi connectivity index (χ4n) is 0.492. The molecule has 0 saturated heterocycles. The summed E-state index contributed by atoms with van der Waals surface area (Å²) >= 11 is 3.01. The lowest BCUT2D eigenvalue weighted by molar-refractivity contribution is -0.135. The highest BCUT2D eigenvalue weighted by Gasteiger charge is 2.07. The topological polar surface area (TPSA) is 74.6 Å². The largest absolute Gasteiger partial charge is 0.478 e. The van der Waals surface area contributed by atoms with Gasteiger partial charge in [0.05, 0.1) is 0 Å². The second kappa shape index (κ2) is 4.90. The van der Waals surface area contributed by atoms with Crippen molar-refractivity contribution in [3.63, 3.8) is 0 Å². The fourth-order valence-corrected chi connectivity index (χ4v) is 0.919. The molecule has 0 aromatic rings. The molecular formula is C6H7BrO4. The maximum atomic E-state index is 10.3. The van der Waals surface area contributed by atoms with Crippen molar-refractivity contribution in [2.45, 2.75) is 6.42 Å². The zero-order valence-electron chi connectivity index (χ0n) is 5.58. The first-order valence-corrected chi connectivity index (χ1v) is 3.93. The number of carbonyl (C=O) groups is 2. The molecule has 4 nitrogen and oxygen atoms in total. The first kappa shape index (κ1) is 10.2. The van der Waals surface area contributed by atoms with E-state index < -0.39 is 11.9 Å². The molecule has 62 valence electrons. The van der Waals surface area contributed by atoms with Crippen molar-refractivity contribution in [2.24, 2.45) is 0 Å². The van der Waals surface area contributed by atoms with Crippen molar-refractivity contribution in [2.75, 3.05) is 5.33 Å². The summed E-state index contributed by atoms with van der Waals surface area (Å²) in [6, 6.07) is 0. The number of halogens is 1. The van der Waals surface area contributed by atoms with Crippen molar-refractivity contribution in [1.29, 1.82) is 0 Å². The highest BCUT2D eigenvalue weighted by atomic mass is 79.9. The van der Waals surface area contributed by atoms with Crippen LogP contribution in [-0.4, -0.2) is 27.5 Å². The van der Waals surface area contributed by atoms with Crippen molar-refractivity contribution in [1.82, 2.24) is 0 Å². The van der Waals surface area contributed by atoms with Crippen molar-refractivity contribution in [3.05, 3.63) is 11.6 Å². The van der Waals surface area contributed by atoms with E-state index in [-0.39, 0.29) is 12.0 Å². The minimum atomic E-state index is -1.23. The number of hydrogen-bond donors (Lipinski definition) is 2. The molecule has 0 aliphatic heterocycles. The van der Waals surface area contributed by atoms with Gasteiger partial charge in [0.15, 0.2) is 0 Å². The van der Waals surface area contributed by atoms with Gasteiger partial charge in [0.2, 0.25) is 0 Å². The molecule has 0 radical (unpaired) electrons. The molecule has 0 fully saturated rings. The van der Waals surface area contributed by atoms with Gasteiger partial charge < -0.3 is 10.2 Å². The van der Waals surface area contributed by atoms with Crippen LogP contribution in [0.5, 0.6) is 0 Å². The molecule has 0 rings (SSSR count). The monoisotopic (exact) mass is 222 g/mol. The van der Waals surface area contributed by atoms with Crippen molar-refractivity contribution < 1.29 is 19.8 Å². The third-order valence-electron chi connectivity index (χ3n) is 0.936. The summed E-state index contributed by atoms with van der Waals surface area (Å²) in [4.78, 5) is 20.3. The van der Waals surface area contributed by atoms with E-state index in [9.17, 15) is 9.59 Å². The van der Waals surface area contributed by atoms with E-state index in [1.807, 2.05) is 0 Å². The maximum Gasteiger partial charge on any atom is 0.331 e. The Labute approximate surface area is 71.7 Å². The summed E-state index contributed by atoms with van der Waals surface area (Å²) in [5.74, 6) is -2.42. The molecule has 0 bridgehead atoms. The van der Waals surface area contributed by atoms with E-state index in [4.69, 9.17) is 10.2 Å². The van der Waals surface area contributed by atoms with Crippen molar-refractivity contribution >= 4 is 27.9 Å². The third kappa shape index (κ3) is 4.55. The quantitative estimate of drug-likeness (QED) is 0.547. The van der Waals surface area contributed by atoms with E-state index in [0.29, 0.717) is 11.4 Å². The standard InChI is InChI=1S/C6H7BrO4/c7-2-1-4(6(10)11)3-5(8)9/h3H,1-2H2,(H,8,9)(H,10,11)/b4-3-. The van der Waals surface area contributed by atoms with Crippen LogP contribution >= 0.6 is 15.9 Å². The Morgan fingerprint density at radius 2 is 1.91 bits per heavy atom. The van der Waals surface area contributed by atoms with Crippen LogP contribution in [-0.2, 0) is 9.59 Å². The molecule has 0 unspecified atom stereocenters. The number of alkyl halides is 1. The Morgan fingerprint density at radius 1 is 1.36 bits per heavy atom. The molecule has 0 spiro atoms. The van der Waals surface area contributed by atoms with Gasteiger partial charge in [-0.1, -0.05) is 15.9 Å². The summed E-state index contributed by atoms with van der Waals surface area (Å²) < 4.78 is 0. The molecule has 0 heterocycles. The van der Waals surface area contributed by atoms with Crippen LogP contribution in [0.2, 0.25) is 0 Å². The Kier molecular flexibility index (Phi) is 4.52. The van der Waals surface area contributed by atoms with Gasteiger partial charge in [0.1, 0.15) is 0 Å². The molecule has 0 amide bonds. The summed E-state index contributed by atoms with van der Waals surface area (Å²) in [6.07, 6.45) is 0.908. The van der Waals surface area contributed by atoms with Crippen molar-refractivity contribution in [3.8, 4) is 0 Å². The molecule has 0 atom stereocenters. The first-order chi connectivity index (χ1) is 5.07. The number of aliphatic carboxylic acids is 2. The molecular weight excluding hydrogens is 216 g/mol. The summed E-state index contributed by atoms with van der Waals surface area (Å²) in [5.41, 5.74) is -0.102. The zero-order valence-corrected chi connectivity index (χ0v) is 7.17. The SMILES string of the molecule is O=C(O)/C=C(/CCBr)C(=O)O. The average molecular weight is 223 g/mol. The van der Waals surface area contributed by atoms with Crippen LogP contribution in [0.4, 0.5) is 0 Å². The van der Waals surface area contributed by atoms with E-state index in [0.717, 1.165) is 0 Å². The molecule has 2 N–H and O–H groups in total. The van der Waals surface area contributed by atoms with Gasteiger partial charge in [-0.05, 0) is 6.42 Å². The first-order valence-electron chi connectivity index (χ1n) is 2.80. The lowest BCUT2D eigenvalue weighted by Gasteiger charge is -1.95. The van der Waals surface area contributed by atoms with Gasteiger partial charge in [0.25, 0.3) is 0 Å². The van der Waals surface area contributed by atoms with Gasteiger partial charge in [-0.15, -0.1) is 0 Å². The lowest BCUT2D eigenvalue weighted by atomic mass is 10.2. The minimum absolute atomic E-state index is 0.102. The smallest absolute Gasteiger partial charge is 0.331 e. The highest BCUT2D eigenvalue weighted by molar-refractivity contribution is 9.09. The Morgan fingerprint density at radius 3 is 2.18 bits per heavy atom. The predicted octanol–water partition coefficient (Wildman–Crippen LogP) is 0.867. The van der Waals surface area contributed by atoms with Crippen LogP contribution in [0, 0.1) is 0 Å². The normalized spacial score (nSPS) is 11.2. The average Bonchev–Trinajstić information content (AvgIpc) is 1.86. The van der Waals surface area contributed by atoms with Crippen LogP contribution in [0.15, 0.2) is 11.6 Å². The van der Waals surface area contributed by atoms with Gasteiger partial charge >= 0.3 is 11.9 Å². The molecule has 11 heavy (non-hydrogen) atoms. The number of hydrogen-bond acceptors (Lipinski definition) is 2. The molecule has 0 aliphatic carbocycles. The fraction of sp³-hybridized carbons (Fsp3) is 0.333. The third-order valence-corrected chi connectivity index (χ3v) is 1.33. The second-order valence-electron chi connectivity index (χ2n) is 1.75. The predicted molar refractivity (Wildman–Crippen MR) is 41.8 cm³/mol. The maximum absolute atomic E-state index is 10.3. The van der Waals surface area contributed by atoms with Gasteiger partial charge in [-0.3, -0.25) is 0 Å². The van der Waals surface area contributed by atoms with Crippen LogP contribution < -0.4 is 0 Å². The van der Waals surface area contributed by atoms with E-state index in [2.05, 4.69) is 15.9 Å². The molecule has 0 aromatic carbocycles. The van der Waals surface area contributed by atoms with Crippen LogP contribution in [0.1, 0.15) is 6.42 Å². The Hall–Kier alpha value is -0.840. The number of carboxylic acids is 2.